The predicted molar refractivity (Wildman–Crippen MR) is 141 cm³/mol. The number of ether oxygens (including phenoxy) is 4. The third kappa shape index (κ3) is 7.89. The van der Waals surface area contributed by atoms with Crippen molar-refractivity contribution in [3.05, 3.63) is 76.3 Å². The van der Waals surface area contributed by atoms with E-state index in [1.54, 1.807) is 19.2 Å². The van der Waals surface area contributed by atoms with Crippen LogP contribution in [-0.2, 0) is 28.8 Å². The monoisotopic (exact) mass is 525 g/mol. The van der Waals surface area contributed by atoms with Crippen molar-refractivity contribution in [2.24, 2.45) is 0 Å². The maximum Gasteiger partial charge on any atom is 0.143 e. The third-order valence-electron chi connectivity index (χ3n) is 6.18. The zero-order valence-corrected chi connectivity index (χ0v) is 22.0. The molecule has 0 unspecified atom stereocenters. The van der Waals surface area contributed by atoms with Crippen molar-refractivity contribution in [2.45, 2.75) is 19.3 Å². The Hall–Kier alpha value is -3.20. The van der Waals surface area contributed by atoms with Crippen LogP contribution in [0.3, 0.4) is 0 Å². The lowest BCUT2D eigenvalue weighted by Crippen LogP contribution is -2.38. The zero-order valence-electron chi connectivity index (χ0n) is 21.2. The van der Waals surface area contributed by atoms with Gasteiger partial charge >= 0.3 is 0 Å². The van der Waals surface area contributed by atoms with E-state index in [9.17, 15) is 4.79 Å². The van der Waals surface area contributed by atoms with Gasteiger partial charge in [-0.2, -0.15) is 0 Å². The molecule has 1 aromatic heterocycles. The van der Waals surface area contributed by atoms with Crippen LogP contribution < -0.4 is 14.2 Å². The third-order valence-corrected chi connectivity index (χ3v) is 6.61. The van der Waals surface area contributed by atoms with Gasteiger partial charge in [0.2, 0.25) is 0 Å². The van der Waals surface area contributed by atoms with Gasteiger partial charge in [0, 0.05) is 50.7 Å². The van der Waals surface area contributed by atoms with Crippen LogP contribution in [0.4, 0.5) is 0 Å². The highest BCUT2D eigenvalue weighted by Gasteiger charge is 2.15. The van der Waals surface area contributed by atoms with Crippen molar-refractivity contribution in [3.63, 3.8) is 0 Å². The lowest BCUT2D eigenvalue weighted by molar-refractivity contribution is -0.117. The van der Waals surface area contributed by atoms with Gasteiger partial charge in [0.15, 0.2) is 0 Å². The minimum Gasteiger partial charge on any atom is -0.497 e. The Morgan fingerprint density at radius 1 is 0.973 bits per heavy atom. The highest BCUT2D eigenvalue weighted by atomic mass is 35.5. The Kier molecular flexibility index (Phi) is 9.71. The van der Waals surface area contributed by atoms with Crippen molar-refractivity contribution in [2.75, 3.05) is 53.7 Å². The van der Waals surface area contributed by atoms with Gasteiger partial charge in [0.1, 0.15) is 36.0 Å². The van der Waals surface area contributed by atoms with E-state index in [2.05, 4.69) is 14.9 Å². The van der Waals surface area contributed by atoms with Gasteiger partial charge in [-0.15, -0.1) is 0 Å². The lowest BCUT2D eigenvalue weighted by Gasteiger charge is -2.26. The molecule has 9 heteroatoms. The second kappa shape index (κ2) is 13.4. The molecule has 4 rings (SSSR count). The summed E-state index contributed by atoms with van der Waals surface area (Å²) in [6, 6.07) is 13.4. The molecule has 0 spiro atoms. The van der Waals surface area contributed by atoms with Crippen molar-refractivity contribution in [1.29, 1.82) is 0 Å². The van der Waals surface area contributed by atoms with Crippen LogP contribution in [0, 0.1) is 0 Å². The summed E-state index contributed by atoms with van der Waals surface area (Å²) in [5, 5.41) is 0.411. The molecule has 3 aromatic rings. The summed E-state index contributed by atoms with van der Waals surface area (Å²) in [6.07, 6.45) is 2.47. The Morgan fingerprint density at radius 3 is 2.46 bits per heavy atom. The maximum absolute atomic E-state index is 12.8. The van der Waals surface area contributed by atoms with Crippen LogP contribution in [0.15, 0.2) is 48.8 Å². The van der Waals surface area contributed by atoms with Crippen LogP contribution >= 0.6 is 11.6 Å². The molecule has 0 N–H and O–H groups in total. The summed E-state index contributed by atoms with van der Waals surface area (Å²) in [7, 11) is 3.09. The first-order chi connectivity index (χ1) is 18.0. The molecule has 0 amide bonds. The van der Waals surface area contributed by atoms with Gasteiger partial charge < -0.3 is 18.9 Å². The van der Waals surface area contributed by atoms with Crippen LogP contribution in [-0.4, -0.2) is 74.3 Å². The average molecular weight is 526 g/mol. The molecule has 8 nitrogen and oxygen atoms in total. The Morgan fingerprint density at radius 2 is 1.73 bits per heavy atom. The van der Waals surface area contributed by atoms with Crippen molar-refractivity contribution in [1.82, 2.24) is 14.9 Å². The number of rotatable bonds is 12. The van der Waals surface area contributed by atoms with Crippen LogP contribution in [0.25, 0.3) is 0 Å². The normalized spacial score (nSPS) is 13.8. The maximum atomic E-state index is 12.8. The van der Waals surface area contributed by atoms with E-state index in [-0.39, 0.29) is 18.6 Å². The fourth-order valence-corrected chi connectivity index (χ4v) is 4.42. The number of halogens is 1. The number of hydrogen-bond donors (Lipinski definition) is 0. The summed E-state index contributed by atoms with van der Waals surface area (Å²) in [6.45, 7) is 5.04. The van der Waals surface area contributed by atoms with Crippen molar-refractivity contribution >= 4 is 17.4 Å². The topological polar surface area (TPSA) is 83.0 Å². The quantitative estimate of drug-likeness (QED) is 0.353. The number of benzene rings is 2. The van der Waals surface area contributed by atoms with Gasteiger partial charge in [-0.05, 0) is 35.4 Å². The number of aromatic nitrogens is 2. The Balaban J connectivity index is 1.30. The summed E-state index contributed by atoms with van der Waals surface area (Å²) in [5.74, 6) is 1.89. The first kappa shape index (κ1) is 26.9. The fourth-order valence-electron chi connectivity index (χ4n) is 4.17. The molecular formula is C28H32ClN3O5. The number of methoxy groups -OCH3 is 2. The van der Waals surface area contributed by atoms with Crippen LogP contribution in [0.1, 0.15) is 22.5 Å². The summed E-state index contributed by atoms with van der Waals surface area (Å²) >= 11 is 6.40. The molecule has 2 aromatic carbocycles. The second-order valence-electron chi connectivity index (χ2n) is 8.82. The van der Waals surface area contributed by atoms with Crippen LogP contribution in [0.2, 0.25) is 5.02 Å². The molecule has 1 fully saturated rings. The summed E-state index contributed by atoms with van der Waals surface area (Å²) < 4.78 is 21.9. The largest absolute Gasteiger partial charge is 0.497 e. The van der Waals surface area contributed by atoms with Gasteiger partial charge in [0.25, 0.3) is 0 Å². The van der Waals surface area contributed by atoms with E-state index in [4.69, 9.17) is 30.5 Å². The van der Waals surface area contributed by atoms with Crippen LogP contribution in [0.5, 0.6) is 17.2 Å². The predicted octanol–water partition coefficient (Wildman–Crippen LogP) is 3.80. The first-order valence-electron chi connectivity index (χ1n) is 12.3. The minimum absolute atomic E-state index is 0.0135. The van der Waals surface area contributed by atoms with E-state index >= 15 is 0 Å². The van der Waals surface area contributed by atoms with E-state index in [0.29, 0.717) is 40.8 Å². The minimum atomic E-state index is -0.0135. The zero-order chi connectivity index (χ0) is 26.0. The average Bonchev–Trinajstić information content (AvgIpc) is 2.91. The second-order valence-corrected chi connectivity index (χ2v) is 9.20. The number of Topliss-reactive ketones (excluding diaryl/α,β-unsaturated/α-hetero) is 1. The molecule has 37 heavy (non-hydrogen) atoms. The van der Waals surface area contributed by atoms with Gasteiger partial charge in [-0.3, -0.25) is 9.69 Å². The molecule has 196 valence electrons. The molecule has 2 heterocycles. The smallest absolute Gasteiger partial charge is 0.143 e. The molecule has 1 aliphatic rings. The van der Waals surface area contributed by atoms with Gasteiger partial charge in [0.05, 0.1) is 38.1 Å². The van der Waals surface area contributed by atoms with E-state index < -0.39 is 0 Å². The van der Waals surface area contributed by atoms with Crippen molar-refractivity contribution < 1.29 is 23.7 Å². The molecule has 0 saturated carbocycles. The van der Waals surface area contributed by atoms with E-state index in [0.717, 1.165) is 49.9 Å². The Bertz CT molecular complexity index is 1180. The summed E-state index contributed by atoms with van der Waals surface area (Å²) in [5.41, 5.74) is 3.28. The fraction of sp³-hybridized carbons (Fsp3) is 0.393. The number of carbonyl (C=O) groups is 1. The molecule has 0 bridgehead atoms. The number of hydrogen-bond acceptors (Lipinski definition) is 8. The van der Waals surface area contributed by atoms with Gasteiger partial charge in [-0.1, -0.05) is 23.7 Å². The molecule has 0 aliphatic carbocycles. The molecule has 1 saturated heterocycles. The lowest BCUT2D eigenvalue weighted by atomic mass is 10.0. The van der Waals surface area contributed by atoms with Crippen molar-refractivity contribution in [3.8, 4) is 17.2 Å². The molecular weight excluding hydrogens is 494 g/mol. The standard InChI is InChI=1S/C28H32ClN3O5/c1-34-26-15-21(28(29)27(18-26)35-2)14-24(33)17-23-16-22(30-19-31-23)13-20-3-5-25(6-4-20)37-12-9-32-7-10-36-11-8-32/h3-6,15-16,18-19H,7-14,17H2,1-2H3. The first-order valence-corrected chi connectivity index (χ1v) is 12.7. The van der Waals surface area contributed by atoms with E-state index in [1.165, 1.54) is 13.4 Å². The number of nitrogens with zero attached hydrogens (tertiary/aromatic N) is 3. The van der Waals surface area contributed by atoms with E-state index in [1.807, 2.05) is 30.3 Å². The SMILES string of the molecule is COc1cc(CC(=O)Cc2cc(Cc3ccc(OCCN4CCOCC4)cc3)ncn2)c(Cl)c(OC)c1. The highest BCUT2D eigenvalue weighted by molar-refractivity contribution is 6.33. The number of morpholine rings is 1. The highest BCUT2D eigenvalue weighted by Crippen LogP contribution is 2.33. The molecule has 0 radical (unpaired) electrons. The Labute approximate surface area is 222 Å². The summed E-state index contributed by atoms with van der Waals surface area (Å²) in [4.78, 5) is 23.8. The molecule has 1 aliphatic heterocycles. The molecule has 0 atom stereocenters. The number of ketones is 1. The number of carbonyl (C=O) groups excluding carboxylic acids is 1. The van der Waals surface area contributed by atoms with Gasteiger partial charge in [-0.25, -0.2) is 9.97 Å².